The minimum atomic E-state index is 0.137. The fraction of sp³-hybridized carbons (Fsp3) is 0.500. The summed E-state index contributed by atoms with van der Waals surface area (Å²) in [6.45, 7) is 1.18. The van der Waals surface area contributed by atoms with Crippen molar-refractivity contribution in [1.82, 2.24) is 4.90 Å². The fourth-order valence-electron chi connectivity index (χ4n) is 3.09. The van der Waals surface area contributed by atoms with E-state index in [9.17, 15) is 4.79 Å². The predicted molar refractivity (Wildman–Crippen MR) is 91.8 cm³/mol. The number of nitrogens with zero attached hydrogens (tertiary/aromatic N) is 1. The molecule has 4 nitrogen and oxygen atoms in total. The molecule has 1 amide bonds. The first-order chi connectivity index (χ1) is 11.3. The Balaban J connectivity index is 1.42. The van der Waals surface area contributed by atoms with Gasteiger partial charge in [0.2, 0.25) is 12.7 Å². The van der Waals surface area contributed by atoms with Crippen LogP contribution in [0.3, 0.4) is 0 Å². The first-order valence-corrected chi connectivity index (χ1v) is 9.34. The van der Waals surface area contributed by atoms with Gasteiger partial charge in [-0.3, -0.25) is 4.79 Å². The van der Waals surface area contributed by atoms with Crippen LogP contribution < -0.4 is 9.47 Å². The maximum absolute atomic E-state index is 12.6. The number of ether oxygens (including phenoxy) is 2. The molecule has 0 N–H and O–H groups in total. The van der Waals surface area contributed by atoms with Crippen LogP contribution in [0.5, 0.6) is 11.5 Å². The predicted octanol–water partition coefficient (Wildman–Crippen LogP) is 3.32. The molecule has 0 radical (unpaired) electrons. The third kappa shape index (κ3) is 3.50. The molecule has 1 unspecified atom stereocenters. The zero-order chi connectivity index (χ0) is 15.6. The molecule has 2 aliphatic heterocycles. The molecule has 5 heteroatoms. The molecule has 0 bridgehead atoms. The van der Waals surface area contributed by atoms with Crippen LogP contribution in [-0.2, 0) is 4.79 Å². The molecule has 3 aliphatic rings. The summed E-state index contributed by atoms with van der Waals surface area (Å²) in [6.07, 6.45) is 8.42. The summed E-state index contributed by atoms with van der Waals surface area (Å²) in [6, 6.07) is 6.22. The summed E-state index contributed by atoms with van der Waals surface area (Å²) in [7, 11) is 0. The number of rotatable bonds is 5. The lowest BCUT2D eigenvalue weighted by Gasteiger charge is -2.24. The van der Waals surface area contributed by atoms with Crippen LogP contribution >= 0.6 is 11.8 Å². The van der Waals surface area contributed by atoms with Crippen molar-refractivity contribution in [2.45, 2.75) is 37.0 Å². The van der Waals surface area contributed by atoms with E-state index in [1.54, 1.807) is 6.08 Å². The summed E-state index contributed by atoms with van der Waals surface area (Å²) >= 11 is 2.01. The Bertz CT molecular complexity index is 621. The number of benzene rings is 1. The monoisotopic (exact) mass is 331 g/mol. The van der Waals surface area contributed by atoms with Gasteiger partial charge in [-0.05, 0) is 55.2 Å². The van der Waals surface area contributed by atoms with Gasteiger partial charge in [0.25, 0.3) is 0 Å². The molecule has 1 saturated carbocycles. The first-order valence-electron chi connectivity index (χ1n) is 8.29. The zero-order valence-electron chi connectivity index (χ0n) is 13.1. The number of carbonyl (C=O) groups excluding carboxylic acids is 1. The highest BCUT2D eigenvalue weighted by molar-refractivity contribution is 8.00. The molecule has 1 aromatic rings. The molecule has 2 heterocycles. The third-order valence-electron chi connectivity index (χ3n) is 4.51. The van der Waals surface area contributed by atoms with Gasteiger partial charge in [0.05, 0.1) is 0 Å². The van der Waals surface area contributed by atoms with Crippen molar-refractivity contribution in [3.63, 3.8) is 0 Å². The van der Waals surface area contributed by atoms with E-state index in [-0.39, 0.29) is 12.7 Å². The van der Waals surface area contributed by atoms with E-state index in [0.29, 0.717) is 11.3 Å². The van der Waals surface area contributed by atoms with Crippen molar-refractivity contribution in [2.24, 2.45) is 0 Å². The van der Waals surface area contributed by atoms with Crippen molar-refractivity contribution in [1.29, 1.82) is 0 Å². The van der Waals surface area contributed by atoms with Crippen molar-refractivity contribution in [2.75, 3.05) is 19.1 Å². The topological polar surface area (TPSA) is 38.8 Å². The molecule has 1 aliphatic carbocycles. The quantitative estimate of drug-likeness (QED) is 0.776. The second kappa shape index (κ2) is 6.48. The van der Waals surface area contributed by atoms with Gasteiger partial charge in [0.1, 0.15) is 0 Å². The van der Waals surface area contributed by atoms with Crippen molar-refractivity contribution < 1.29 is 14.3 Å². The lowest BCUT2D eigenvalue weighted by atomic mass is 10.2. The SMILES string of the molecule is O=C(C=Cc1ccc2c(c1)OCO2)N(CC1CCCS1)C1CC1. The molecular weight excluding hydrogens is 310 g/mol. The highest BCUT2D eigenvalue weighted by atomic mass is 32.2. The Hall–Kier alpha value is -1.62. The largest absolute Gasteiger partial charge is 0.454 e. The summed E-state index contributed by atoms with van der Waals surface area (Å²) < 4.78 is 10.7. The van der Waals surface area contributed by atoms with Gasteiger partial charge in [0.15, 0.2) is 11.5 Å². The molecule has 0 aromatic heterocycles. The second-order valence-corrected chi connectivity index (χ2v) is 7.71. The Morgan fingerprint density at radius 1 is 1.26 bits per heavy atom. The first kappa shape index (κ1) is 14.9. The highest BCUT2D eigenvalue weighted by Gasteiger charge is 2.33. The lowest BCUT2D eigenvalue weighted by Crippen LogP contribution is -2.36. The van der Waals surface area contributed by atoms with Crippen LogP contribution in [0.15, 0.2) is 24.3 Å². The van der Waals surface area contributed by atoms with Crippen molar-refractivity contribution >= 4 is 23.7 Å². The number of hydrogen-bond acceptors (Lipinski definition) is 4. The van der Waals surface area contributed by atoms with Crippen LogP contribution in [0.1, 0.15) is 31.2 Å². The van der Waals surface area contributed by atoms with Crippen LogP contribution in [0.25, 0.3) is 6.08 Å². The van der Waals surface area contributed by atoms with E-state index in [1.807, 2.05) is 36.0 Å². The van der Waals surface area contributed by atoms with E-state index < -0.39 is 0 Å². The number of thioether (sulfide) groups is 1. The molecule has 1 saturated heterocycles. The van der Waals surface area contributed by atoms with Crippen LogP contribution in [0, 0.1) is 0 Å². The lowest BCUT2D eigenvalue weighted by molar-refractivity contribution is -0.126. The second-order valence-electron chi connectivity index (χ2n) is 6.30. The van der Waals surface area contributed by atoms with Gasteiger partial charge in [0, 0.05) is 23.9 Å². The highest BCUT2D eigenvalue weighted by Crippen LogP contribution is 2.34. The van der Waals surface area contributed by atoms with Gasteiger partial charge in [-0.1, -0.05) is 6.07 Å². The van der Waals surface area contributed by atoms with Gasteiger partial charge in [-0.25, -0.2) is 0 Å². The van der Waals surface area contributed by atoms with Crippen molar-refractivity contribution in [3.05, 3.63) is 29.8 Å². The summed E-state index contributed by atoms with van der Waals surface area (Å²) in [5.41, 5.74) is 0.966. The summed E-state index contributed by atoms with van der Waals surface area (Å²) in [4.78, 5) is 14.7. The number of amides is 1. The van der Waals surface area contributed by atoms with Crippen molar-refractivity contribution in [3.8, 4) is 11.5 Å². The Morgan fingerprint density at radius 3 is 2.91 bits per heavy atom. The number of hydrogen-bond donors (Lipinski definition) is 0. The minimum Gasteiger partial charge on any atom is -0.454 e. The molecule has 1 aromatic carbocycles. The third-order valence-corrected chi connectivity index (χ3v) is 5.89. The van der Waals surface area contributed by atoms with E-state index in [4.69, 9.17) is 9.47 Å². The Labute approximate surface area is 140 Å². The molecular formula is C18H21NO3S. The van der Waals surface area contributed by atoms with E-state index in [2.05, 4.69) is 4.90 Å². The minimum absolute atomic E-state index is 0.137. The standard InChI is InChI=1S/C18H21NO3S/c20-18(19(14-5-6-14)11-15-2-1-9-23-15)8-4-13-3-7-16-17(10-13)22-12-21-16/h3-4,7-8,10,14-15H,1-2,5-6,9,11-12H2. The molecule has 23 heavy (non-hydrogen) atoms. The van der Waals surface area contributed by atoms with Crippen LogP contribution in [-0.4, -0.2) is 41.2 Å². The van der Waals surface area contributed by atoms with E-state index >= 15 is 0 Å². The maximum Gasteiger partial charge on any atom is 0.246 e. The smallest absolute Gasteiger partial charge is 0.246 e. The molecule has 122 valence electrons. The molecule has 2 fully saturated rings. The number of carbonyl (C=O) groups is 1. The Kier molecular flexibility index (Phi) is 4.21. The van der Waals surface area contributed by atoms with E-state index in [1.165, 1.54) is 18.6 Å². The molecule has 1 atom stereocenters. The summed E-state index contributed by atoms with van der Waals surface area (Å²) in [5, 5.41) is 0.624. The van der Waals surface area contributed by atoms with Crippen LogP contribution in [0.2, 0.25) is 0 Å². The van der Waals surface area contributed by atoms with Gasteiger partial charge >= 0.3 is 0 Å². The summed E-state index contributed by atoms with van der Waals surface area (Å²) in [5.74, 6) is 2.90. The zero-order valence-corrected chi connectivity index (χ0v) is 13.9. The maximum atomic E-state index is 12.6. The molecule has 0 spiro atoms. The normalized spacial score (nSPS) is 22.7. The Morgan fingerprint density at radius 2 is 2.13 bits per heavy atom. The molecule has 4 rings (SSSR count). The van der Waals surface area contributed by atoms with Gasteiger partial charge in [-0.15, -0.1) is 0 Å². The van der Waals surface area contributed by atoms with Gasteiger partial charge in [-0.2, -0.15) is 11.8 Å². The average Bonchev–Trinajstić information content (AvgIpc) is 3.08. The fourth-order valence-corrected chi connectivity index (χ4v) is 4.36. The average molecular weight is 331 g/mol. The number of fused-ring (bicyclic) bond motifs is 1. The van der Waals surface area contributed by atoms with E-state index in [0.717, 1.165) is 36.4 Å². The van der Waals surface area contributed by atoms with Gasteiger partial charge < -0.3 is 14.4 Å². The van der Waals surface area contributed by atoms with Crippen LogP contribution in [0.4, 0.5) is 0 Å².